The number of nitrogens with zero attached hydrogens (tertiary/aromatic N) is 2. The summed E-state index contributed by atoms with van der Waals surface area (Å²) in [4.78, 5) is 0. The third kappa shape index (κ3) is 4.26. The van der Waals surface area contributed by atoms with Crippen LogP contribution in [0.4, 0.5) is 0 Å². The van der Waals surface area contributed by atoms with Crippen LogP contribution in [0.25, 0.3) is 0 Å². The van der Waals surface area contributed by atoms with Crippen LogP contribution in [0, 0.1) is 13.8 Å². The molecule has 0 saturated heterocycles. The second kappa shape index (κ2) is 7.18. The standard InChI is InChI=1S/C17H23N3O/c1-5-18-16(15-6-7-17(21-4)20-19-15)11-14-9-12(2)8-13(3)10-14/h6-10,16,18H,5,11H2,1-4H3. The summed E-state index contributed by atoms with van der Waals surface area (Å²) >= 11 is 0. The number of hydrogen-bond acceptors (Lipinski definition) is 4. The van der Waals surface area contributed by atoms with Gasteiger partial charge in [-0.25, -0.2) is 0 Å². The van der Waals surface area contributed by atoms with E-state index in [0.717, 1.165) is 18.7 Å². The molecule has 2 aromatic rings. The van der Waals surface area contributed by atoms with E-state index in [4.69, 9.17) is 4.74 Å². The van der Waals surface area contributed by atoms with Crippen LogP contribution in [-0.4, -0.2) is 23.9 Å². The number of hydrogen-bond donors (Lipinski definition) is 1. The predicted octanol–water partition coefficient (Wildman–Crippen LogP) is 3.00. The first kappa shape index (κ1) is 15.4. The Morgan fingerprint density at radius 3 is 2.33 bits per heavy atom. The van der Waals surface area contributed by atoms with E-state index < -0.39 is 0 Å². The Morgan fingerprint density at radius 1 is 1.10 bits per heavy atom. The Kier molecular flexibility index (Phi) is 5.28. The minimum absolute atomic E-state index is 0.162. The van der Waals surface area contributed by atoms with Crippen molar-refractivity contribution in [3.8, 4) is 5.88 Å². The number of rotatable bonds is 6. The first-order valence-electron chi connectivity index (χ1n) is 7.30. The summed E-state index contributed by atoms with van der Waals surface area (Å²) in [5.74, 6) is 0.542. The molecule has 0 aliphatic heterocycles. The molecule has 1 heterocycles. The van der Waals surface area contributed by atoms with Crippen molar-refractivity contribution in [2.24, 2.45) is 0 Å². The molecule has 21 heavy (non-hydrogen) atoms. The fraction of sp³-hybridized carbons (Fsp3) is 0.412. The summed E-state index contributed by atoms with van der Waals surface area (Å²) in [7, 11) is 1.60. The second-order valence-corrected chi connectivity index (χ2v) is 5.31. The van der Waals surface area contributed by atoms with E-state index in [9.17, 15) is 0 Å². The van der Waals surface area contributed by atoms with Crippen molar-refractivity contribution in [2.75, 3.05) is 13.7 Å². The molecule has 0 bridgehead atoms. The van der Waals surface area contributed by atoms with Crippen LogP contribution in [0.15, 0.2) is 30.3 Å². The number of nitrogens with one attached hydrogen (secondary N) is 1. The number of methoxy groups -OCH3 is 1. The summed E-state index contributed by atoms with van der Waals surface area (Å²) in [6.07, 6.45) is 0.900. The summed E-state index contributed by atoms with van der Waals surface area (Å²) in [5.41, 5.74) is 4.84. The van der Waals surface area contributed by atoms with Gasteiger partial charge in [-0.2, -0.15) is 5.10 Å². The Bertz CT molecular complexity index is 561. The van der Waals surface area contributed by atoms with Gasteiger partial charge in [0.2, 0.25) is 5.88 Å². The molecule has 1 aromatic heterocycles. The molecule has 0 fully saturated rings. The van der Waals surface area contributed by atoms with Crippen molar-refractivity contribution >= 4 is 0 Å². The predicted molar refractivity (Wildman–Crippen MR) is 84.6 cm³/mol. The molecule has 0 aliphatic rings. The highest BCUT2D eigenvalue weighted by atomic mass is 16.5. The SMILES string of the molecule is CCNC(Cc1cc(C)cc(C)c1)c1ccc(OC)nn1. The minimum Gasteiger partial charge on any atom is -0.480 e. The van der Waals surface area contributed by atoms with Crippen molar-refractivity contribution in [3.63, 3.8) is 0 Å². The van der Waals surface area contributed by atoms with Gasteiger partial charge in [0.05, 0.1) is 18.8 Å². The summed E-state index contributed by atoms with van der Waals surface area (Å²) in [5, 5.41) is 11.8. The van der Waals surface area contributed by atoms with E-state index in [1.165, 1.54) is 16.7 Å². The quantitative estimate of drug-likeness (QED) is 0.886. The van der Waals surface area contributed by atoms with E-state index in [0.29, 0.717) is 5.88 Å². The average Bonchev–Trinajstić information content (AvgIpc) is 2.46. The van der Waals surface area contributed by atoms with Gasteiger partial charge in [0.15, 0.2) is 0 Å². The molecule has 0 radical (unpaired) electrons. The van der Waals surface area contributed by atoms with E-state index in [2.05, 4.69) is 54.5 Å². The van der Waals surface area contributed by atoms with Crippen LogP contribution in [0.2, 0.25) is 0 Å². The fourth-order valence-corrected chi connectivity index (χ4v) is 2.58. The summed E-state index contributed by atoms with van der Waals surface area (Å²) < 4.78 is 5.06. The van der Waals surface area contributed by atoms with E-state index in [1.54, 1.807) is 7.11 Å². The van der Waals surface area contributed by atoms with Crippen molar-refractivity contribution in [3.05, 3.63) is 52.7 Å². The van der Waals surface area contributed by atoms with Crippen LogP contribution in [0.5, 0.6) is 5.88 Å². The molecule has 1 N–H and O–H groups in total. The maximum absolute atomic E-state index is 5.06. The molecule has 1 aromatic carbocycles. The van der Waals surface area contributed by atoms with Crippen molar-refractivity contribution in [1.29, 1.82) is 0 Å². The van der Waals surface area contributed by atoms with Crippen LogP contribution in [0.3, 0.4) is 0 Å². The molecule has 1 atom stereocenters. The van der Waals surface area contributed by atoms with Crippen molar-refractivity contribution in [2.45, 2.75) is 33.2 Å². The highest BCUT2D eigenvalue weighted by molar-refractivity contribution is 5.30. The maximum atomic E-state index is 5.06. The molecule has 0 spiro atoms. The number of aryl methyl sites for hydroxylation is 2. The van der Waals surface area contributed by atoms with Crippen molar-refractivity contribution < 1.29 is 4.74 Å². The van der Waals surface area contributed by atoms with Crippen molar-refractivity contribution in [1.82, 2.24) is 15.5 Å². The molecule has 0 aliphatic carbocycles. The maximum Gasteiger partial charge on any atom is 0.233 e. The highest BCUT2D eigenvalue weighted by Crippen LogP contribution is 2.19. The van der Waals surface area contributed by atoms with Gasteiger partial charge >= 0.3 is 0 Å². The monoisotopic (exact) mass is 285 g/mol. The summed E-state index contributed by atoms with van der Waals surface area (Å²) in [6, 6.07) is 10.6. The smallest absolute Gasteiger partial charge is 0.233 e. The molecular weight excluding hydrogens is 262 g/mol. The van der Waals surface area contributed by atoms with Gasteiger partial charge in [0, 0.05) is 6.07 Å². The number of aromatic nitrogens is 2. The molecule has 4 nitrogen and oxygen atoms in total. The largest absolute Gasteiger partial charge is 0.480 e. The molecule has 4 heteroatoms. The Morgan fingerprint density at radius 2 is 1.81 bits per heavy atom. The number of likely N-dealkylation sites (N-methyl/N-ethyl adjacent to an activating group) is 1. The first-order chi connectivity index (χ1) is 10.1. The Hall–Kier alpha value is -1.94. The number of benzene rings is 1. The zero-order chi connectivity index (χ0) is 15.2. The van der Waals surface area contributed by atoms with Gasteiger partial charge in [-0.15, -0.1) is 5.10 Å². The summed E-state index contributed by atoms with van der Waals surface area (Å²) in [6.45, 7) is 7.26. The number of ether oxygens (including phenoxy) is 1. The normalized spacial score (nSPS) is 12.2. The van der Waals surface area contributed by atoms with Gasteiger partial charge in [-0.3, -0.25) is 0 Å². The highest BCUT2D eigenvalue weighted by Gasteiger charge is 2.14. The van der Waals surface area contributed by atoms with Gasteiger partial charge in [-0.1, -0.05) is 36.2 Å². The topological polar surface area (TPSA) is 47.0 Å². The van der Waals surface area contributed by atoms with Gasteiger partial charge in [0.25, 0.3) is 0 Å². The van der Waals surface area contributed by atoms with Gasteiger partial charge in [-0.05, 0) is 38.4 Å². The van der Waals surface area contributed by atoms with E-state index in [1.807, 2.05) is 12.1 Å². The molecule has 1 unspecified atom stereocenters. The van der Waals surface area contributed by atoms with Gasteiger partial charge < -0.3 is 10.1 Å². The Balaban J connectivity index is 2.21. The minimum atomic E-state index is 0.162. The zero-order valence-electron chi connectivity index (χ0n) is 13.2. The lowest BCUT2D eigenvalue weighted by molar-refractivity contribution is 0.389. The molecule has 0 saturated carbocycles. The van der Waals surface area contributed by atoms with Crippen LogP contribution in [0.1, 0.15) is 35.3 Å². The lowest BCUT2D eigenvalue weighted by atomic mass is 9.99. The van der Waals surface area contributed by atoms with E-state index in [-0.39, 0.29) is 6.04 Å². The lowest BCUT2D eigenvalue weighted by Gasteiger charge is -2.18. The first-order valence-corrected chi connectivity index (χ1v) is 7.30. The third-order valence-electron chi connectivity index (χ3n) is 3.40. The molecule has 0 amide bonds. The third-order valence-corrected chi connectivity index (χ3v) is 3.40. The molecule has 2 rings (SSSR count). The average molecular weight is 285 g/mol. The van der Waals surface area contributed by atoms with Gasteiger partial charge in [0.1, 0.15) is 0 Å². The lowest BCUT2D eigenvalue weighted by Crippen LogP contribution is -2.24. The fourth-order valence-electron chi connectivity index (χ4n) is 2.58. The van der Waals surface area contributed by atoms with Crippen LogP contribution in [-0.2, 0) is 6.42 Å². The van der Waals surface area contributed by atoms with Crippen LogP contribution >= 0.6 is 0 Å². The molecular formula is C17H23N3O. The van der Waals surface area contributed by atoms with E-state index >= 15 is 0 Å². The Labute approximate surface area is 126 Å². The second-order valence-electron chi connectivity index (χ2n) is 5.31. The zero-order valence-corrected chi connectivity index (χ0v) is 13.2. The van der Waals surface area contributed by atoms with Crippen LogP contribution < -0.4 is 10.1 Å². The molecule has 112 valence electrons.